The summed E-state index contributed by atoms with van der Waals surface area (Å²) in [5.74, 6) is -0.523. The molecule has 0 bridgehead atoms. The van der Waals surface area contributed by atoms with Crippen LogP contribution >= 0.6 is 11.6 Å². The third-order valence-electron chi connectivity index (χ3n) is 3.65. The molecule has 0 atom stereocenters. The molecule has 0 aliphatic carbocycles. The van der Waals surface area contributed by atoms with Crippen molar-refractivity contribution in [2.75, 3.05) is 13.2 Å². The van der Waals surface area contributed by atoms with Gasteiger partial charge in [0.05, 0.1) is 12.1 Å². The summed E-state index contributed by atoms with van der Waals surface area (Å²) in [7, 11) is 0. The molecule has 2 heterocycles. The Hall–Kier alpha value is -2.70. The largest absolute Gasteiger partial charge is 0.460 e. The number of nitrogens with zero attached hydrogens (tertiary/aromatic N) is 3. The van der Waals surface area contributed by atoms with Gasteiger partial charge in [-0.25, -0.2) is 9.31 Å². The monoisotopic (exact) mass is 357 g/mol. The van der Waals surface area contributed by atoms with Crippen LogP contribution in [0.15, 0.2) is 48.7 Å². The minimum atomic E-state index is -0.523. The molecule has 0 fully saturated rings. The number of aliphatic hydroxyl groups is 1. The summed E-state index contributed by atoms with van der Waals surface area (Å²) in [5, 5.41) is 17.7. The summed E-state index contributed by atoms with van der Waals surface area (Å²) in [6.45, 7) is 1.54. The lowest BCUT2D eigenvalue weighted by molar-refractivity contribution is -0.138. The number of pyridine rings is 1. The molecular weight excluding hydrogens is 342 g/mol. The predicted octanol–water partition coefficient (Wildman–Crippen LogP) is 2.99. The van der Waals surface area contributed by atoms with Gasteiger partial charge in [-0.2, -0.15) is 0 Å². The highest BCUT2D eigenvalue weighted by Gasteiger charge is 2.15. The third-order valence-corrected chi connectivity index (χ3v) is 3.89. The van der Waals surface area contributed by atoms with Gasteiger partial charge in [-0.1, -0.05) is 28.9 Å². The Morgan fingerprint density at radius 1 is 1.36 bits per heavy atom. The molecule has 0 unspecified atom stereocenters. The number of aliphatic hydroxyl groups excluding tert-OH is 1. The molecule has 25 heavy (non-hydrogen) atoms. The zero-order valence-corrected chi connectivity index (χ0v) is 14.3. The highest BCUT2D eigenvalue weighted by Crippen LogP contribution is 2.32. The normalized spacial score (nSPS) is 11.7. The van der Waals surface area contributed by atoms with Crippen molar-refractivity contribution in [2.24, 2.45) is 0 Å². The van der Waals surface area contributed by atoms with Crippen LogP contribution in [0, 0.1) is 0 Å². The standard InChI is InChI=1S/C18H16ClN3O3/c1-12(10-17(24)25-9-8-23)15-11-13(19)5-6-14(15)18-16-4-2-3-7-22(16)21-20-18/h2-7,10-11,23H,8-9H2,1H3/b12-10+. The van der Waals surface area contributed by atoms with Crippen molar-refractivity contribution in [3.63, 3.8) is 0 Å². The molecule has 0 saturated carbocycles. The van der Waals surface area contributed by atoms with Crippen LogP contribution in [-0.2, 0) is 9.53 Å². The van der Waals surface area contributed by atoms with Crippen LogP contribution in [0.25, 0.3) is 22.3 Å². The van der Waals surface area contributed by atoms with Crippen LogP contribution in [-0.4, -0.2) is 39.1 Å². The molecule has 0 radical (unpaired) electrons. The lowest BCUT2D eigenvalue weighted by atomic mass is 9.97. The maximum atomic E-state index is 11.8. The van der Waals surface area contributed by atoms with Crippen molar-refractivity contribution in [2.45, 2.75) is 6.92 Å². The van der Waals surface area contributed by atoms with Gasteiger partial charge in [-0.15, -0.1) is 5.10 Å². The van der Waals surface area contributed by atoms with Crippen molar-refractivity contribution >= 4 is 28.7 Å². The first-order chi connectivity index (χ1) is 12.1. The number of esters is 1. The van der Waals surface area contributed by atoms with E-state index < -0.39 is 5.97 Å². The van der Waals surface area contributed by atoms with Crippen molar-refractivity contribution < 1.29 is 14.6 Å². The van der Waals surface area contributed by atoms with Crippen LogP contribution in [0.1, 0.15) is 12.5 Å². The number of halogens is 1. The number of ether oxygens (including phenoxy) is 1. The quantitative estimate of drug-likeness (QED) is 0.561. The van der Waals surface area contributed by atoms with E-state index in [9.17, 15) is 4.79 Å². The van der Waals surface area contributed by atoms with Crippen molar-refractivity contribution in [1.82, 2.24) is 14.8 Å². The van der Waals surface area contributed by atoms with Crippen molar-refractivity contribution in [1.29, 1.82) is 0 Å². The summed E-state index contributed by atoms with van der Waals surface area (Å²) in [6.07, 6.45) is 3.19. The van der Waals surface area contributed by atoms with Crippen LogP contribution in [0.3, 0.4) is 0 Å². The lowest BCUT2D eigenvalue weighted by Gasteiger charge is -2.09. The van der Waals surface area contributed by atoms with Gasteiger partial charge in [0.1, 0.15) is 12.3 Å². The second kappa shape index (κ2) is 7.46. The summed E-state index contributed by atoms with van der Waals surface area (Å²) in [5.41, 5.74) is 3.80. The molecule has 0 saturated heterocycles. The molecule has 0 aliphatic heterocycles. The number of allylic oxidation sites excluding steroid dienone is 1. The molecule has 0 amide bonds. The van der Waals surface area contributed by atoms with Gasteiger partial charge >= 0.3 is 5.97 Å². The first-order valence-electron chi connectivity index (χ1n) is 7.66. The molecule has 0 aliphatic rings. The average molecular weight is 358 g/mol. The minimum absolute atomic E-state index is 0.0411. The van der Waals surface area contributed by atoms with E-state index in [-0.39, 0.29) is 13.2 Å². The Morgan fingerprint density at radius 2 is 2.20 bits per heavy atom. The lowest BCUT2D eigenvalue weighted by Crippen LogP contribution is -2.06. The molecule has 6 nitrogen and oxygen atoms in total. The van der Waals surface area contributed by atoms with Crippen LogP contribution in [0.4, 0.5) is 0 Å². The van der Waals surface area contributed by atoms with E-state index in [4.69, 9.17) is 21.4 Å². The zero-order valence-electron chi connectivity index (χ0n) is 13.5. The molecule has 3 rings (SSSR count). The number of fused-ring (bicyclic) bond motifs is 1. The second-order valence-electron chi connectivity index (χ2n) is 5.38. The van der Waals surface area contributed by atoms with Gasteiger partial charge in [0.15, 0.2) is 0 Å². The maximum Gasteiger partial charge on any atom is 0.331 e. The molecule has 3 aromatic rings. The fourth-order valence-corrected chi connectivity index (χ4v) is 2.70. The molecule has 128 valence electrons. The smallest absolute Gasteiger partial charge is 0.331 e. The number of aromatic nitrogens is 3. The summed E-state index contributed by atoms with van der Waals surface area (Å²) >= 11 is 6.14. The topological polar surface area (TPSA) is 76.7 Å². The minimum Gasteiger partial charge on any atom is -0.460 e. The summed E-state index contributed by atoms with van der Waals surface area (Å²) in [4.78, 5) is 11.8. The number of benzene rings is 1. The predicted molar refractivity (Wildman–Crippen MR) is 95.1 cm³/mol. The van der Waals surface area contributed by atoms with E-state index in [2.05, 4.69) is 10.3 Å². The number of carbonyl (C=O) groups excluding carboxylic acids is 1. The van der Waals surface area contributed by atoms with Gasteiger partial charge in [-0.05, 0) is 42.3 Å². The number of rotatable bonds is 5. The molecule has 1 aromatic carbocycles. The van der Waals surface area contributed by atoms with Gasteiger partial charge < -0.3 is 9.84 Å². The average Bonchev–Trinajstić information content (AvgIpc) is 3.04. The fraction of sp³-hybridized carbons (Fsp3) is 0.167. The van der Waals surface area contributed by atoms with E-state index in [1.165, 1.54) is 6.08 Å². The Bertz CT molecular complexity index is 950. The van der Waals surface area contributed by atoms with E-state index in [1.54, 1.807) is 23.6 Å². The Kier molecular flexibility index (Phi) is 5.11. The van der Waals surface area contributed by atoms with Gasteiger partial charge in [0, 0.05) is 22.9 Å². The SMILES string of the molecule is C/C(=C\C(=O)OCCO)c1cc(Cl)ccc1-c1nnn2ccccc12. The Labute approximate surface area is 149 Å². The molecule has 7 heteroatoms. The van der Waals surface area contributed by atoms with Crippen LogP contribution < -0.4 is 0 Å². The van der Waals surface area contributed by atoms with Crippen LogP contribution in [0.5, 0.6) is 0 Å². The highest BCUT2D eigenvalue weighted by molar-refractivity contribution is 6.31. The van der Waals surface area contributed by atoms with Gasteiger partial charge in [0.2, 0.25) is 0 Å². The second-order valence-corrected chi connectivity index (χ2v) is 5.81. The van der Waals surface area contributed by atoms with Gasteiger partial charge in [0.25, 0.3) is 0 Å². The number of hydrogen-bond acceptors (Lipinski definition) is 5. The first-order valence-corrected chi connectivity index (χ1v) is 8.04. The summed E-state index contributed by atoms with van der Waals surface area (Å²) < 4.78 is 6.57. The molecular formula is C18H16ClN3O3. The number of hydrogen-bond donors (Lipinski definition) is 1. The Morgan fingerprint density at radius 3 is 3.00 bits per heavy atom. The van der Waals surface area contributed by atoms with E-state index in [0.717, 1.165) is 16.6 Å². The zero-order chi connectivity index (χ0) is 17.8. The van der Waals surface area contributed by atoms with Crippen molar-refractivity contribution in [3.05, 3.63) is 59.3 Å². The van der Waals surface area contributed by atoms with E-state index in [1.807, 2.05) is 30.5 Å². The highest BCUT2D eigenvalue weighted by atomic mass is 35.5. The van der Waals surface area contributed by atoms with E-state index in [0.29, 0.717) is 16.3 Å². The van der Waals surface area contributed by atoms with Crippen LogP contribution in [0.2, 0.25) is 5.02 Å². The first kappa shape index (κ1) is 17.1. The fourth-order valence-electron chi connectivity index (χ4n) is 2.53. The van der Waals surface area contributed by atoms with Crippen molar-refractivity contribution in [3.8, 4) is 11.3 Å². The molecule has 1 N–H and O–H groups in total. The maximum absolute atomic E-state index is 11.8. The summed E-state index contributed by atoms with van der Waals surface area (Å²) in [6, 6.07) is 11.1. The molecule has 0 spiro atoms. The van der Waals surface area contributed by atoms with E-state index >= 15 is 0 Å². The Balaban J connectivity index is 2.07. The van der Waals surface area contributed by atoms with Gasteiger partial charge in [-0.3, -0.25) is 0 Å². The third kappa shape index (κ3) is 3.70. The number of carbonyl (C=O) groups is 1. The molecule has 2 aromatic heterocycles.